The summed E-state index contributed by atoms with van der Waals surface area (Å²) in [5.74, 6) is -1.52. The van der Waals surface area contributed by atoms with Crippen LogP contribution in [0.4, 0.5) is 0 Å². The first-order valence-corrected chi connectivity index (χ1v) is 4.73. The van der Waals surface area contributed by atoms with Crippen molar-refractivity contribution in [1.29, 1.82) is 0 Å². The third-order valence-corrected chi connectivity index (χ3v) is 1.78. The van der Waals surface area contributed by atoms with Gasteiger partial charge in [0.1, 0.15) is 5.60 Å². The van der Waals surface area contributed by atoms with E-state index in [-0.39, 0.29) is 0 Å². The molecule has 0 aliphatic rings. The molecule has 0 aromatic heterocycles. The van der Waals surface area contributed by atoms with Crippen molar-refractivity contribution in [2.75, 3.05) is 7.11 Å². The number of methoxy groups -OCH3 is 1. The Labute approximate surface area is 94.0 Å². The maximum atomic E-state index is 10.9. The standard InChI is InChI=1S/C10H16O6/c1-5-10(2,3)15-16-14-9(12)7-6-8(11)13-4/h6-7H,5H2,1-4H3/b7-6+. The van der Waals surface area contributed by atoms with Crippen LogP contribution in [0.1, 0.15) is 27.2 Å². The molecule has 0 fully saturated rings. The Hall–Kier alpha value is -1.40. The maximum Gasteiger partial charge on any atom is 0.369 e. The fourth-order valence-corrected chi connectivity index (χ4v) is 0.433. The number of carbonyl (C=O) groups excluding carboxylic acids is 2. The fraction of sp³-hybridized carbons (Fsp3) is 0.600. The lowest BCUT2D eigenvalue weighted by molar-refractivity contribution is -0.515. The van der Waals surface area contributed by atoms with E-state index in [0.717, 1.165) is 12.2 Å². The Balaban J connectivity index is 3.83. The van der Waals surface area contributed by atoms with Gasteiger partial charge in [-0.25, -0.2) is 9.59 Å². The van der Waals surface area contributed by atoms with Gasteiger partial charge in [0.05, 0.1) is 7.11 Å². The van der Waals surface area contributed by atoms with Gasteiger partial charge >= 0.3 is 11.9 Å². The van der Waals surface area contributed by atoms with E-state index < -0.39 is 17.5 Å². The predicted octanol–water partition coefficient (Wildman–Crippen LogP) is 1.31. The van der Waals surface area contributed by atoms with Gasteiger partial charge in [-0.2, -0.15) is 4.89 Å². The molecule has 0 aromatic rings. The normalized spacial score (nSPS) is 11.5. The molecule has 6 heteroatoms. The minimum Gasteiger partial charge on any atom is -0.466 e. The molecule has 0 amide bonds. The molecule has 16 heavy (non-hydrogen) atoms. The van der Waals surface area contributed by atoms with Crippen LogP contribution in [-0.2, 0) is 29.1 Å². The van der Waals surface area contributed by atoms with E-state index in [0.29, 0.717) is 6.42 Å². The van der Waals surface area contributed by atoms with E-state index in [4.69, 9.17) is 4.89 Å². The molecule has 0 unspecified atom stereocenters. The van der Waals surface area contributed by atoms with Gasteiger partial charge in [0.15, 0.2) is 0 Å². The molecule has 0 rings (SSSR count). The summed E-state index contributed by atoms with van der Waals surface area (Å²) in [6.07, 6.45) is 2.47. The van der Waals surface area contributed by atoms with Gasteiger partial charge in [0.25, 0.3) is 0 Å². The highest BCUT2D eigenvalue weighted by Gasteiger charge is 2.18. The van der Waals surface area contributed by atoms with Gasteiger partial charge in [-0.1, -0.05) is 6.92 Å². The topological polar surface area (TPSA) is 71.1 Å². The number of hydrogen-bond donors (Lipinski definition) is 0. The number of carbonyl (C=O) groups is 2. The Kier molecular flexibility index (Phi) is 6.36. The largest absolute Gasteiger partial charge is 0.466 e. The molecule has 0 spiro atoms. The molecule has 0 N–H and O–H groups in total. The number of hydrogen-bond acceptors (Lipinski definition) is 6. The fourth-order valence-electron chi connectivity index (χ4n) is 0.433. The quantitative estimate of drug-likeness (QED) is 0.297. The minimum absolute atomic E-state index is 0.549. The average molecular weight is 232 g/mol. The molecule has 0 aromatic carbocycles. The second-order valence-electron chi connectivity index (χ2n) is 3.52. The van der Waals surface area contributed by atoms with Gasteiger partial charge in [0, 0.05) is 12.2 Å². The summed E-state index contributed by atoms with van der Waals surface area (Å²) in [6, 6.07) is 0. The summed E-state index contributed by atoms with van der Waals surface area (Å²) >= 11 is 0. The van der Waals surface area contributed by atoms with Crippen molar-refractivity contribution in [2.24, 2.45) is 0 Å². The molecular formula is C10H16O6. The summed E-state index contributed by atoms with van der Waals surface area (Å²) in [7, 11) is 1.20. The molecule has 0 aliphatic heterocycles. The minimum atomic E-state index is -0.864. The zero-order valence-electron chi connectivity index (χ0n) is 9.81. The van der Waals surface area contributed by atoms with Crippen LogP contribution in [-0.4, -0.2) is 24.6 Å². The van der Waals surface area contributed by atoms with Crippen LogP contribution in [0.15, 0.2) is 12.2 Å². The summed E-state index contributed by atoms with van der Waals surface area (Å²) in [5.41, 5.74) is -0.549. The van der Waals surface area contributed by atoms with Crippen LogP contribution in [0.5, 0.6) is 0 Å². The first-order valence-electron chi connectivity index (χ1n) is 4.73. The predicted molar refractivity (Wildman–Crippen MR) is 53.8 cm³/mol. The van der Waals surface area contributed by atoms with Crippen molar-refractivity contribution in [3.05, 3.63) is 12.2 Å². The van der Waals surface area contributed by atoms with Crippen LogP contribution >= 0.6 is 0 Å². The molecule has 92 valence electrons. The Morgan fingerprint density at radius 3 is 2.25 bits per heavy atom. The van der Waals surface area contributed by atoms with Gasteiger partial charge in [-0.05, 0) is 25.3 Å². The second kappa shape index (κ2) is 6.97. The summed E-state index contributed by atoms with van der Waals surface area (Å²) in [6.45, 7) is 5.43. The average Bonchev–Trinajstić information content (AvgIpc) is 2.25. The van der Waals surface area contributed by atoms with E-state index in [2.05, 4.69) is 14.7 Å². The van der Waals surface area contributed by atoms with Crippen molar-refractivity contribution >= 4 is 11.9 Å². The van der Waals surface area contributed by atoms with Crippen molar-refractivity contribution in [3.8, 4) is 0 Å². The van der Waals surface area contributed by atoms with E-state index in [1.165, 1.54) is 7.11 Å². The van der Waals surface area contributed by atoms with Gasteiger partial charge in [-0.15, -0.1) is 0 Å². The maximum absolute atomic E-state index is 10.9. The number of esters is 1. The molecule has 6 nitrogen and oxygen atoms in total. The van der Waals surface area contributed by atoms with Crippen LogP contribution in [0.2, 0.25) is 0 Å². The third kappa shape index (κ3) is 6.97. The van der Waals surface area contributed by atoms with E-state index in [9.17, 15) is 9.59 Å². The first kappa shape index (κ1) is 14.6. The monoisotopic (exact) mass is 232 g/mol. The summed E-state index contributed by atoms with van der Waals surface area (Å²) in [4.78, 5) is 30.5. The molecule has 0 aliphatic carbocycles. The van der Waals surface area contributed by atoms with Crippen LogP contribution in [0.25, 0.3) is 0 Å². The lowest BCUT2D eigenvalue weighted by Crippen LogP contribution is -2.23. The van der Waals surface area contributed by atoms with E-state index in [1.54, 1.807) is 13.8 Å². The smallest absolute Gasteiger partial charge is 0.369 e. The summed E-state index contributed by atoms with van der Waals surface area (Å²) < 4.78 is 4.27. The highest BCUT2D eigenvalue weighted by Crippen LogP contribution is 2.13. The zero-order valence-corrected chi connectivity index (χ0v) is 9.81. The highest BCUT2D eigenvalue weighted by atomic mass is 17.5. The van der Waals surface area contributed by atoms with E-state index in [1.807, 2.05) is 6.92 Å². The summed E-state index contributed by atoms with van der Waals surface area (Å²) in [5, 5.41) is 4.26. The SMILES string of the molecule is CCC(C)(C)OOOC(=O)/C=C/C(=O)OC. The lowest BCUT2D eigenvalue weighted by atomic mass is 10.1. The number of ether oxygens (including phenoxy) is 1. The van der Waals surface area contributed by atoms with Crippen molar-refractivity contribution in [1.82, 2.24) is 0 Å². The van der Waals surface area contributed by atoms with Crippen LogP contribution in [0, 0.1) is 0 Å². The lowest BCUT2D eigenvalue weighted by Gasteiger charge is -2.18. The molecule has 0 heterocycles. The Bertz CT molecular complexity index is 268. The molecule has 0 saturated heterocycles. The third-order valence-electron chi connectivity index (χ3n) is 1.78. The van der Waals surface area contributed by atoms with Crippen LogP contribution in [0.3, 0.4) is 0 Å². The van der Waals surface area contributed by atoms with Gasteiger partial charge in [-0.3, -0.25) is 4.89 Å². The number of rotatable bonds is 6. The van der Waals surface area contributed by atoms with Crippen LogP contribution < -0.4 is 0 Å². The van der Waals surface area contributed by atoms with Crippen molar-refractivity contribution in [3.63, 3.8) is 0 Å². The van der Waals surface area contributed by atoms with Gasteiger partial charge in [0.2, 0.25) is 0 Å². The molecule has 0 radical (unpaired) electrons. The highest BCUT2D eigenvalue weighted by molar-refractivity contribution is 5.91. The molecule has 0 bridgehead atoms. The molecule has 0 saturated carbocycles. The second-order valence-corrected chi connectivity index (χ2v) is 3.52. The van der Waals surface area contributed by atoms with Crippen molar-refractivity contribution < 1.29 is 29.1 Å². The zero-order chi connectivity index (χ0) is 12.6. The Morgan fingerprint density at radius 1 is 1.19 bits per heavy atom. The molecule has 0 atom stereocenters. The van der Waals surface area contributed by atoms with Crippen molar-refractivity contribution in [2.45, 2.75) is 32.8 Å². The van der Waals surface area contributed by atoms with E-state index >= 15 is 0 Å². The van der Waals surface area contributed by atoms with Gasteiger partial charge < -0.3 is 4.74 Å². The molecular weight excluding hydrogens is 216 g/mol. The Morgan fingerprint density at radius 2 is 1.75 bits per heavy atom. The first-order chi connectivity index (χ1) is 7.41.